The summed E-state index contributed by atoms with van der Waals surface area (Å²) in [5, 5.41) is 3.29. The summed E-state index contributed by atoms with van der Waals surface area (Å²) in [4.78, 5) is 3.00. The van der Waals surface area contributed by atoms with E-state index in [1.54, 1.807) is 0 Å². The highest BCUT2D eigenvalue weighted by molar-refractivity contribution is 5.59. The van der Waals surface area contributed by atoms with Crippen molar-refractivity contribution in [1.82, 2.24) is 4.98 Å². The van der Waals surface area contributed by atoms with E-state index in [0.717, 1.165) is 11.4 Å². The second-order valence-corrected chi connectivity index (χ2v) is 3.09. The topological polar surface area (TPSA) is 27.8 Å². The van der Waals surface area contributed by atoms with Gasteiger partial charge in [0, 0.05) is 18.1 Å². The number of nitrogens with one attached hydrogen (secondary N) is 2. The van der Waals surface area contributed by atoms with Gasteiger partial charge in [-0.25, -0.2) is 0 Å². The minimum atomic E-state index is 1.09. The zero-order valence-corrected chi connectivity index (χ0v) is 7.54. The van der Waals surface area contributed by atoms with Gasteiger partial charge in [-0.05, 0) is 30.7 Å². The average Bonchev–Trinajstić information content (AvgIpc) is 2.57. The van der Waals surface area contributed by atoms with E-state index >= 15 is 0 Å². The Kier molecular flexibility index (Phi) is 2.04. The van der Waals surface area contributed by atoms with Crippen LogP contribution in [0.4, 0.5) is 11.4 Å². The summed E-state index contributed by atoms with van der Waals surface area (Å²) < 4.78 is 0. The lowest BCUT2D eigenvalue weighted by Crippen LogP contribution is -1.87. The highest BCUT2D eigenvalue weighted by Gasteiger charge is 1.93. The van der Waals surface area contributed by atoms with Crippen molar-refractivity contribution in [2.45, 2.75) is 6.92 Å². The maximum absolute atomic E-state index is 3.29. The summed E-state index contributed by atoms with van der Waals surface area (Å²) in [5.41, 5.74) is 3.48. The monoisotopic (exact) mass is 172 g/mol. The lowest BCUT2D eigenvalue weighted by Gasteiger charge is -2.03. The molecule has 0 aliphatic heterocycles. The minimum Gasteiger partial charge on any atom is -0.366 e. The van der Waals surface area contributed by atoms with Crippen LogP contribution in [0.3, 0.4) is 0 Å². The number of aryl methyl sites for hydroxylation is 1. The van der Waals surface area contributed by atoms with Crippen LogP contribution < -0.4 is 5.32 Å². The van der Waals surface area contributed by atoms with E-state index in [9.17, 15) is 0 Å². The number of benzene rings is 1. The van der Waals surface area contributed by atoms with Crippen molar-refractivity contribution in [2.75, 3.05) is 5.32 Å². The quantitative estimate of drug-likeness (QED) is 0.715. The van der Waals surface area contributed by atoms with E-state index < -0.39 is 0 Å². The molecular formula is C11H12N2. The third kappa shape index (κ3) is 1.90. The number of aromatic amines is 1. The van der Waals surface area contributed by atoms with Crippen molar-refractivity contribution < 1.29 is 0 Å². The molecule has 0 atom stereocenters. The first-order chi connectivity index (χ1) is 6.34. The third-order valence-electron chi connectivity index (χ3n) is 1.90. The van der Waals surface area contributed by atoms with Crippen LogP contribution in [0.2, 0.25) is 0 Å². The van der Waals surface area contributed by atoms with Gasteiger partial charge in [0.1, 0.15) is 0 Å². The Bertz CT molecular complexity index is 377. The van der Waals surface area contributed by atoms with E-state index in [4.69, 9.17) is 0 Å². The predicted molar refractivity (Wildman–Crippen MR) is 55.3 cm³/mol. The largest absolute Gasteiger partial charge is 0.366 e. The average molecular weight is 172 g/mol. The van der Waals surface area contributed by atoms with Gasteiger partial charge in [-0.2, -0.15) is 0 Å². The SMILES string of the molecule is Cc1cccc(Nc2cc[nH]c2)c1. The van der Waals surface area contributed by atoms with Gasteiger partial charge >= 0.3 is 0 Å². The van der Waals surface area contributed by atoms with Crippen molar-refractivity contribution >= 4 is 11.4 Å². The van der Waals surface area contributed by atoms with Crippen molar-refractivity contribution in [3.05, 3.63) is 48.3 Å². The van der Waals surface area contributed by atoms with Gasteiger partial charge in [0.2, 0.25) is 0 Å². The number of anilines is 2. The molecule has 2 aromatic rings. The van der Waals surface area contributed by atoms with Crippen LogP contribution >= 0.6 is 0 Å². The van der Waals surface area contributed by atoms with E-state index in [-0.39, 0.29) is 0 Å². The molecule has 0 radical (unpaired) electrons. The van der Waals surface area contributed by atoms with Crippen molar-refractivity contribution in [2.24, 2.45) is 0 Å². The molecule has 2 N–H and O–H groups in total. The van der Waals surface area contributed by atoms with Crippen LogP contribution in [-0.4, -0.2) is 4.98 Å². The Morgan fingerprint density at radius 2 is 2.08 bits per heavy atom. The fraction of sp³-hybridized carbons (Fsp3) is 0.0909. The second kappa shape index (κ2) is 3.35. The van der Waals surface area contributed by atoms with Crippen LogP contribution in [0.25, 0.3) is 0 Å². The first-order valence-electron chi connectivity index (χ1n) is 4.31. The zero-order valence-electron chi connectivity index (χ0n) is 7.54. The molecule has 2 heteroatoms. The Hall–Kier alpha value is -1.70. The Balaban J connectivity index is 2.19. The van der Waals surface area contributed by atoms with Crippen molar-refractivity contribution in [1.29, 1.82) is 0 Å². The van der Waals surface area contributed by atoms with Gasteiger partial charge in [-0.3, -0.25) is 0 Å². The van der Waals surface area contributed by atoms with Crippen LogP contribution in [0.15, 0.2) is 42.7 Å². The molecule has 0 unspecified atom stereocenters. The maximum Gasteiger partial charge on any atom is 0.0561 e. The molecule has 1 heterocycles. The lowest BCUT2D eigenvalue weighted by atomic mass is 10.2. The molecule has 0 spiro atoms. The lowest BCUT2D eigenvalue weighted by molar-refractivity contribution is 1.41. The number of H-pyrrole nitrogens is 1. The molecule has 0 amide bonds. The summed E-state index contributed by atoms with van der Waals surface area (Å²) in [6.07, 6.45) is 3.83. The summed E-state index contributed by atoms with van der Waals surface area (Å²) >= 11 is 0. The fourth-order valence-electron chi connectivity index (χ4n) is 1.29. The Morgan fingerprint density at radius 1 is 1.15 bits per heavy atom. The molecule has 1 aromatic heterocycles. The zero-order chi connectivity index (χ0) is 9.10. The summed E-state index contributed by atoms with van der Waals surface area (Å²) in [6.45, 7) is 2.09. The highest BCUT2D eigenvalue weighted by Crippen LogP contribution is 2.16. The first-order valence-corrected chi connectivity index (χ1v) is 4.31. The molecule has 1 aromatic carbocycles. The molecule has 2 rings (SSSR count). The van der Waals surface area contributed by atoms with E-state index in [0.29, 0.717) is 0 Å². The highest BCUT2D eigenvalue weighted by atomic mass is 14.9. The molecule has 0 aliphatic carbocycles. The molecular weight excluding hydrogens is 160 g/mol. The van der Waals surface area contributed by atoms with Crippen molar-refractivity contribution in [3.8, 4) is 0 Å². The molecule has 0 saturated heterocycles. The van der Waals surface area contributed by atoms with E-state index in [2.05, 4.69) is 35.4 Å². The van der Waals surface area contributed by atoms with Gasteiger partial charge in [-0.15, -0.1) is 0 Å². The summed E-state index contributed by atoms with van der Waals surface area (Å²) in [5.74, 6) is 0. The normalized spacial score (nSPS) is 9.92. The maximum atomic E-state index is 3.29. The second-order valence-electron chi connectivity index (χ2n) is 3.09. The van der Waals surface area contributed by atoms with Crippen LogP contribution in [-0.2, 0) is 0 Å². The smallest absolute Gasteiger partial charge is 0.0561 e. The molecule has 0 saturated carbocycles. The molecule has 0 fully saturated rings. The predicted octanol–water partition coefficient (Wildman–Crippen LogP) is 3.07. The number of hydrogen-bond acceptors (Lipinski definition) is 1. The van der Waals surface area contributed by atoms with Gasteiger partial charge < -0.3 is 10.3 Å². The Morgan fingerprint density at radius 3 is 2.77 bits per heavy atom. The van der Waals surface area contributed by atoms with Gasteiger partial charge in [0.15, 0.2) is 0 Å². The van der Waals surface area contributed by atoms with E-state index in [1.807, 2.05) is 24.5 Å². The number of rotatable bonds is 2. The molecule has 0 bridgehead atoms. The van der Waals surface area contributed by atoms with Crippen LogP contribution in [0, 0.1) is 6.92 Å². The number of hydrogen-bond donors (Lipinski definition) is 2. The first kappa shape index (κ1) is 7.92. The molecule has 66 valence electrons. The molecule has 13 heavy (non-hydrogen) atoms. The minimum absolute atomic E-state index is 1.09. The molecule has 0 aliphatic rings. The number of aromatic nitrogens is 1. The van der Waals surface area contributed by atoms with E-state index in [1.165, 1.54) is 5.56 Å². The van der Waals surface area contributed by atoms with Crippen LogP contribution in [0.5, 0.6) is 0 Å². The Labute approximate surface area is 77.6 Å². The van der Waals surface area contributed by atoms with Gasteiger partial charge in [0.05, 0.1) is 5.69 Å². The van der Waals surface area contributed by atoms with Gasteiger partial charge in [-0.1, -0.05) is 12.1 Å². The van der Waals surface area contributed by atoms with Crippen LogP contribution in [0.1, 0.15) is 5.56 Å². The summed E-state index contributed by atoms with van der Waals surface area (Å²) in [6, 6.07) is 10.3. The summed E-state index contributed by atoms with van der Waals surface area (Å²) in [7, 11) is 0. The molecule has 2 nitrogen and oxygen atoms in total. The van der Waals surface area contributed by atoms with Gasteiger partial charge in [0.25, 0.3) is 0 Å². The standard InChI is InChI=1S/C11H12N2/c1-9-3-2-4-10(7-9)13-11-5-6-12-8-11/h2-8,12-13H,1H3. The third-order valence-corrected chi connectivity index (χ3v) is 1.90. The fourth-order valence-corrected chi connectivity index (χ4v) is 1.29. The van der Waals surface area contributed by atoms with Crippen molar-refractivity contribution in [3.63, 3.8) is 0 Å².